The van der Waals surface area contributed by atoms with Gasteiger partial charge in [-0.3, -0.25) is 4.79 Å². The molecular formula is C8H14N2O3S2. The quantitative estimate of drug-likeness (QED) is 0.624. The average Bonchev–Trinajstić information content (AvgIpc) is 2.80. The lowest BCUT2D eigenvalue weighted by atomic mass is 10.1. The number of sulfone groups is 1. The molecule has 1 saturated carbocycles. The molecule has 1 amide bonds. The maximum atomic E-state index is 11.6. The minimum absolute atomic E-state index is 0.0633. The van der Waals surface area contributed by atoms with E-state index in [9.17, 15) is 13.2 Å². The molecule has 5 nitrogen and oxygen atoms in total. The molecule has 1 rings (SSSR count). The number of amides is 1. The summed E-state index contributed by atoms with van der Waals surface area (Å²) in [5.74, 6) is -0.315. The number of carbonyl (C=O) groups excluding carboxylic acids is 1. The Bertz CT molecular complexity index is 385. The molecule has 0 aliphatic heterocycles. The maximum Gasteiger partial charge on any atom is 0.233 e. The number of nitrogens with one attached hydrogen (secondary N) is 1. The summed E-state index contributed by atoms with van der Waals surface area (Å²) in [7, 11) is -3.04. The van der Waals surface area contributed by atoms with Crippen molar-refractivity contribution in [1.29, 1.82) is 0 Å². The smallest absolute Gasteiger partial charge is 0.233 e. The molecule has 1 fully saturated rings. The van der Waals surface area contributed by atoms with Gasteiger partial charge in [0.15, 0.2) is 0 Å². The molecular weight excluding hydrogens is 236 g/mol. The van der Waals surface area contributed by atoms with E-state index in [4.69, 9.17) is 18.0 Å². The molecule has 0 heterocycles. The van der Waals surface area contributed by atoms with Gasteiger partial charge in [0.2, 0.25) is 5.91 Å². The Balaban J connectivity index is 2.41. The first-order chi connectivity index (χ1) is 6.78. The van der Waals surface area contributed by atoms with E-state index in [0.29, 0.717) is 12.8 Å². The fraction of sp³-hybridized carbons (Fsp3) is 0.750. The fourth-order valence-corrected chi connectivity index (χ4v) is 2.00. The van der Waals surface area contributed by atoms with Gasteiger partial charge in [0.25, 0.3) is 0 Å². The number of nitrogens with two attached hydrogens (primary N) is 1. The van der Waals surface area contributed by atoms with Gasteiger partial charge in [0.05, 0.1) is 16.2 Å². The molecule has 0 bridgehead atoms. The first-order valence-corrected chi connectivity index (χ1v) is 7.01. The van der Waals surface area contributed by atoms with Crippen LogP contribution in [0.15, 0.2) is 0 Å². The van der Waals surface area contributed by atoms with E-state index in [1.807, 2.05) is 0 Å². The zero-order valence-corrected chi connectivity index (χ0v) is 10.1. The van der Waals surface area contributed by atoms with Gasteiger partial charge in [-0.1, -0.05) is 12.2 Å². The molecule has 0 saturated heterocycles. The van der Waals surface area contributed by atoms with E-state index in [2.05, 4.69) is 5.32 Å². The molecule has 3 N–H and O–H groups in total. The van der Waals surface area contributed by atoms with Gasteiger partial charge in [-0.05, 0) is 12.8 Å². The number of thiocarbonyl (C=S) groups is 1. The van der Waals surface area contributed by atoms with Crippen LogP contribution in [0.25, 0.3) is 0 Å². The summed E-state index contributed by atoms with van der Waals surface area (Å²) in [6.45, 7) is 0.113. The number of rotatable bonds is 5. The van der Waals surface area contributed by atoms with Crippen LogP contribution >= 0.6 is 12.2 Å². The van der Waals surface area contributed by atoms with Crippen LogP contribution in [0.4, 0.5) is 0 Å². The molecule has 0 aromatic heterocycles. The molecule has 0 aromatic rings. The summed E-state index contributed by atoms with van der Waals surface area (Å²) < 4.78 is 21.6. The molecule has 1 aliphatic rings. The van der Waals surface area contributed by atoms with Crippen LogP contribution in [0.1, 0.15) is 12.8 Å². The maximum absolute atomic E-state index is 11.6. The molecule has 15 heavy (non-hydrogen) atoms. The summed E-state index contributed by atoms with van der Waals surface area (Å²) in [5, 5.41) is 2.54. The first kappa shape index (κ1) is 12.4. The third-order valence-corrected chi connectivity index (χ3v) is 3.75. The lowest BCUT2D eigenvalue weighted by molar-refractivity contribution is -0.123. The summed E-state index contributed by atoms with van der Waals surface area (Å²) in [6.07, 6.45) is 2.44. The molecule has 1 aliphatic carbocycles. The third kappa shape index (κ3) is 3.13. The van der Waals surface area contributed by atoms with Crippen molar-refractivity contribution in [2.75, 3.05) is 18.6 Å². The second kappa shape index (κ2) is 4.05. The SMILES string of the molecule is CS(=O)(=O)CCNC(=O)C1(C(N)=S)CC1. The minimum Gasteiger partial charge on any atom is -0.392 e. The van der Waals surface area contributed by atoms with E-state index in [1.54, 1.807) is 0 Å². The normalized spacial score (nSPS) is 18.2. The molecule has 86 valence electrons. The highest BCUT2D eigenvalue weighted by Crippen LogP contribution is 2.46. The number of hydrogen-bond acceptors (Lipinski definition) is 4. The fourth-order valence-electron chi connectivity index (χ4n) is 1.23. The highest BCUT2D eigenvalue weighted by Gasteiger charge is 2.52. The monoisotopic (exact) mass is 250 g/mol. The second-order valence-electron chi connectivity index (χ2n) is 3.83. The Morgan fingerprint density at radius 1 is 1.53 bits per heavy atom. The van der Waals surface area contributed by atoms with Gasteiger partial charge >= 0.3 is 0 Å². The Hall–Kier alpha value is -0.690. The molecule has 0 atom stereocenters. The van der Waals surface area contributed by atoms with Crippen molar-refractivity contribution in [3.63, 3.8) is 0 Å². The zero-order valence-electron chi connectivity index (χ0n) is 8.45. The van der Waals surface area contributed by atoms with Crippen LogP contribution in [-0.2, 0) is 14.6 Å². The van der Waals surface area contributed by atoms with Gasteiger partial charge in [-0.2, -0.15) is 0 Å². The van der Waals surface area contributed by atoms with Crippen LogP contribution < -0.4 is 11.1 Å². The van der Waals surface area contributed by atoms with Gasteiger partial charge in [-0.25, -0.2) is 8.42 Å². The Labute approximate surface area is 94.3 Å². The van der Waals surface area contributed by atoms with Gasteiger partial charge in [0.1, 0.15) is 9.84 Å². The van der Waals surface area contributed by atoms with Crippen LogP contribution in [0, 0.1) is 5.41 Å². The van der Waals surface area contributed by atoms with E-state index in [1.165, 1.54) is 0 Å². The predicted octanol–water partition coefficient (Wildman–Crippen LogP) is -0.786. The van der Waals surface area contributed by atoms with Crippen molar-refractivity contribution in [3.05, 3.63) is 0 Å². The van der Waals surface area contributed by atoms with Crippen molar-refractivity contribution in [2.24, 2.45) is 11.1 Å². The molecule has 7 heteroatoms. The van der Waals surface area contributed by atoms with Crippen LogP contribution in [0.5, 0.6) is 0 Å². The van der Waals surface area contributed by atoms with Crippen molar-refractivity contribution in [3.8, 4) is 0 Å². The summed E-state index contributed by atoms with van der Waals surface area (Å²) in [6, 6.07) is 0. The van der Waals surface area contributed by atoms with E-state index >= 15 is 0 Å². The number of hydrogen-bond donors (Lipinski definition) is 2. The third-order valence-electron chi connectivity index (χ3n) is 2.41. The Kier molecular flexibility index (Phi) is 3.34. The van der Waals surface area contributed by atoms with Crippen molar-refractivity contribution >= 4 is 33.0 Å². The van der Waals surface area contributed by atoms with Crippen LogP contribution in [0.3, 0.4) is 0 Å². The lowest BCUT2D eigenvalue weighted by Crippen LogP contribution is -2.41. The van der Waals surface area contributed by atoms with Crippen LogP contribution in [0.2, 0.25) is 0 Å². The lowest BCUT2D eigenvalue weighted by Gasteiger charge is -2.12. The zero-order chi connectivity index (χ0) is 11.7. The largest absolute Gasteiger partial charge is 0.392 e. The van der Waals surface area contributed by atoms with Crippen LogP contribution in [-0.4, -0.2) is 37.9 Å². The summed E-state index contributed by atoms with van der Waals surface area (Å²) in [5.41, 5.74) is 4.74. The van der Waals surface area contributed by atoms with Crippen molar-refractivity contribution in [1.82, 2.24) is 5.32 Å². The average molecular weight is 250 g/mol. The van der Waals surface area contributed by atoms with E-state index < -0.39 is 15.3 Å². The molecule has 0 radical (unpaired) electrons. The Morgan fingerprint density at radius 3 is 2.40 bits per heavy atom. The standard InChI is InChI=1S/C8H14N2O3S2/c1-15(12,13)5-4-10-7(11)8(2-3-8)6(9)14/h2-5H2,1H3,(H2,9,14)(H,10,11). The van der Waals surface area contributed by atoms with Gasteiger partial charge in [0, 0.05) is 12.8 Å². The second-order valence-corrected chi connectivity index (χ2v) is 6.53. The number of carbonyl (C=O) groups is 1. The van der Waals surface area contributed by atoms with Crippen molar-refractivity contribution in [2.45, 2.75) is 12.8 Å². The highest BCUT2D eigenvalue weighted by molar-refractivity contribution is 7.90. The molecule has 0 aromatic carbocycles. The predicted molar refractivity (Wildman–Crippen MR) is 61.2 cm³/mol. The molecule has 0 unspecified atom stereocenters. The topological polar surface area (TPSA) is 89.3 Å². The highest BCUT2D eigenvalue weighted by atomic mass is 32.2. The van der Waals surface area contributed by atoms with Gasteiger partial charge in [-0.15, -0.1) is 0 Å². The summed E-state index contributed by atoms with van der Waals surface area (Å²) in [4.78, 5) is 11.8. The summed E-state index contributed by atoms with van der Waals surface area (Å²) >= 11 is 4.79. The van der Waals surface area contributed by atoms with Gasteiger partial charge < -0.3 is 11.1 Å². The minimum atomic E-state index is -3.04. The van der Waals surface area contributed by atoms with Crippen molar-refractivity contribution < 1.29 is 13.2 Å². The van der Waals surface area contributed by atoms with E-state index in [0.717, 1.165) is 6.26 Å². The first-order valence-electron chi connectivity index (χ1n) is 4.54. The molecule has 0 spiro atoms. The Morgan fingerprint density at radius 2 is 2.07 bits per heavy atom. The van der Waals surface area contributed by atoms with E-state index in [-0.39, 0.29) is 23.2 Å².